The summed E-state index contributed by atoms with van der Waals surface area (Å²) in [4.78, 5) is 14.2. The van der Waals surface area contributed by atoms with Gasteiger partial charge in [-0.25, -0.2) is 15.0 Å². The Kier molecular flexibility index (Phi) is 4.52. The SMILES string of the molecule is Cc1cccc(Cc2nc(-c3ccccc3)nc(-c3ccccc3)n2)c1. The number of aromatic nitrogens is 3. The van der Waals surface area contributed by atoms with E-state index >= 15 is 0 Å². The smallest absolute Gasteiger partial charge is 0.163 e. The molecule has 0 aliphatic carbocycles. The highest BCUT2D eigenvalue weighted by Gasteiger charge is 2.10. The summed E-state index contributed by atoms with van der Waals surface area (Å²) in [5.41, 5.74) is 4.44. The van der Waals surface area contributed by atoms with Gasteiger partial charge in [-0.1, -0.05) is 90.5 Å². The first-order valence-electron chi connectivity index (χ1n) is 8.69. The molecule has 3 nitrogen and oxygen atoms in total. The Morgan fingerprint density at radius 2 is 1.19 bits per heavy atom. The maximum Gasteiger partial charge on any atom is 0.163 e. The van der Waals surface area contributed by atoms with Crippen molar-refractivity contribution in [3.05, 3.63) is 102 Å². The summed E-state index contributed by atoms with van der Waals surface area (Å²) < 4.78 is 0. The van der Waals surface area contributed by atoms with Crippen molar-refractivity contribution in [3.63, 3.8) is 0 Å². The first kappa shape index (κ1) is 16.2. The molecular formula is C23H19N3. The lowest BCUT2D eigenvalue weighted by Crippen LogP contribution is -2.04. The van der Waals surface area contributed by atoms with Crippen LogP contribution in [0.15, 0.2) is 84.9 Å². The van der Waals surface area contributed by atoms with E-state index < -0.39 is 0 Å². The van der Waals surface area contributed by atoms with Crippen molar-refractivity contribution in [1.82, 2.24) is 15.0 Å². The molecule has 0 radical (unpaired) electrons. The fourth-order valence-electron chi connectivity index (χ4n) is 2.94. The third-order valence-corrected chi connectivity index (χ3v) is 4.19. The second-order valence-corrected chi connectivity index (χ2v) is 6.30. The van der Waals surface area contributed by atoms with Crippen molar-refractivity contribution in [2.24, 2.45) is 0 Å². The van der Waals surface area contributed by atoms with Crippen molar-refractivity contribution < 1.29 is 0 Å². The van der Waals surface area contributed by atoms with E-state index in [0.29, 0.717) is 18.1 Å². The molecule has 4 aromatic rings. The normalized spacial score (nSPS) is 10.7. The standard InChI is InChI=1S/C23H19N3/c1-17-9-8-10-18(15-17)16-21-24-22(19-11-4-2-5-12-19)26-23(25-21)20-13-6-3-7-14-20/h2-15H,16H2,1H3. The highest BCUT2D eigenvalue weighted by atomic mass is 15.0. The molecule has 0 saturated carbocycles. The van der Waals surface area contributed by atoms with E-state index in [1.165, 1.54) is 11.1 Å². The molecule has 1 aromatic heterocycles. The molecule has 3 heteroatoms. The number of hydrogen-bond donors (Lipinski definition) is 0. The van der Waals surface area contributed by atoms with Gasteiger partial charge in [-0.3, -0.25) is 0 Å². The average molecular weight is 337 g/mol. The average Bonchev–Trinajstić information content (AvgIpc) is 2.69. The van der Waals surface area contributed by atoms with Crippen molar-refractivity contribution in [2.45, 2.75) is 13.3 Å². The van der Waals surface area contributed by atoms with Crippen molar-refractivity contribution >= 4 is 0 Å². The third kappa shape index (κ3) is 3.67. The van der Waals surface area contributed by atoms with Crippen molar-refractivity contribution in [2.75, 3.05) is 0 Å². The molecule has 0 aliphatic heterocycles. The van der Waals surface area contributed by atoms with Gasteiger partial charge in [-0.05, 0) is 12.5 Å². The van der Waals surface area contributed by atoms with Gasteiger partial charge in [0.2, 0.25) is 0 Å². The van der Waals surface area contributed by atoms with Crippen LogP contribution in [0.3, 0.4) is 0 Å². The lowest BCUT2D eigenvalue weighted by Gasteiger charge is -2.08. The van der Waals surface area contributed by atoms with Crippen LogP contribution in [0.25, 0.3) is 22.8 Å². The van der Waals surface area contributed by atoms with Crippen LogP contribution >= 0.6 is 0 Å². The molecule has 0 aliphatic rings. The number of benzene rings is 3. The molecular weight excluding hydrogens is 318 g/mol. The molecule has 0 bridgehead atoms. The molecule has 0 fully saturated rings. The van der Waals surface area contributed by atoms with Gasteiger partial charge in [0.15, 0.2) is 11.6 Å². The number of rotatable bonds is 4. The third-order valence-electron chi connectivity index (χ3n) is 4.19. The first-order chi connectivity index (χ1) is 12.8. The molecule has 4 rings (SSSR count). The molecule has 0 N–H and O–H groups in total. The molecule has 0 amide bonds. The van der Waals surface area contributed by atoms with E-state index in [2.05, 4.69) is 31.2 Å². The molecule has 1 heterocycles. The van der Waals surface area contributed by atoms with Crippen LogP contribution < -0.4 is 0 Å². The van der Waals surface area contributed by atoms with E-state index in [0.717, 1.165) is 17.0 Å². The second kappa shape index (κ2) is 7.28. The van der Waals surface area contributed by atoms with Crippen LogP contribution in [0, 0.1) is 6.92 Å². The van der Waals surface area contributed by atoms with E-state index in [1.807, 2.05) is 60.7 Å². The summed E-state index contributed by atoms with van der Waals surface area (Å²) in [5.74, 6) is 2.20. The van der Waals surface area contributed by atoms with Crippen molar-refractivity contribution in [1.29, 1.82) is 0 Å². The van der Waals surface area contributed by atoms with Crippen LogP contribution in [0.1, 0.15) is 17.0 Å². The predicted molar refractivity (Wildman–Crippen MR) is 105 cm³/mol. The van der Waals surface area contributed by atoms with Crippen LogP contribution in [-0.2, 0) is 6.42 Å². The predicted octanol–water partition coefficient (Wildman–Crippen LogP) is 5.10. The Morgan fingerprint density at radius 3 is 1.73 bits per heavy atom. The van der Waals surface area contributed by atoms with Crippen LogP contribution in [0.4, 0.5) is 0 Å². The van der Waals surface area contributed by atoms with Crippen molar-refractivity contribution in [3.8, 4) is 22.8 Å². The summed E-state index contributed by atoms with van der Waals surface area (Å²) in [7, 11) is 0. The topological polar surface area (TPSA) is 38.7 Å². The number of nitrogens with zero attached hydrogens (tertiary/aromatic N) is 3. The highest BCUT2D eigenvalue weighted by Crippen LogP contribution is 2.21. The summed E-state index contributed by atoms with van der Waals surface area (Å²) >= 11 is 0. The van der Waals surface area contributed by atoms with E-state index in [4.69, 9.17) is 15.0 Å². The largest absolute Gasteiger partial charge is 0.213 e. The van der Waals surface area contributed by atoms with Gasteiger partial charge in [0.25, 0.3) is 0 Å². The van der Waals surface area contributed by atoms with Gasteiger partial charge in [0.05, 0.1) is 0 Å². The minimum atomic E-state index is 0.684. The lowest BCUT2D eigenvalue weighted by atomic mass is 10.1. The second-order valence-electron chi connectivity index (χ2n) is 6.30. The Balaban J connectivity index is 1.80. The van der Waals surface area contributed by atoms with Crippen LogP contribution in [-0.4, -0.2) is 15.0 Å². The zero-order valence-corrected chi connectivity index (χ0v) is 14.6. The van der Waals surface area contributed by atoms with Gasteiger partial charge >= 0.3 is 0 Å². The molecule has 26 heavy (non-hydrogen) atoms. The Morgan fingerprint density at radius 1 is 0.615 bits per heavy atom. The maximum absolute atomic E-state index is 4.73. The number of hydrogen-bond acceptors (Lipinski definition) is 3. The van der Waals surface area contributed by atoms with E-state index in [-0.39, 0.29) is 0 Å². The molecule has 0 saturated heterocycles. The first-order valence-corrected chi connectivity index (χ1v) is 8.69. The van der Waals surface area contributed by atoms with E-state index in [9.17, 15) is 0 Å². The summed E-state index contributed by atoms with van der Waals surface area (Å²) in [6.45, 7) is 2.10. The van der Waals surface area contributed by atoms with Crippen LogP contribution in [0.5, 0.6) is 0 Å². The van der Waals surface area contributed by atoms with E-state index in [1.54, 1.807) is 0 Å². The molecule has 0 atom stereocenters. The quantitative estimate of drug-likeness (QED) is 0.520. The fourth-order valence-corrected chi connectivity index (χ4v) is 2.94. The zero-order chi connectivity index (χ0) is 17.8. The highest BCUT2D eigenvalue weighted by molar-refractivity contribution is 5.60. The molecule has 0 spiro atoms. The van der Waals surface area contributed by atoms with Gasteiger partial charge in [-0.15, -0.1) is 0 Å². The van der Waals surface area contributed by atoms with Crippen LogP contribution in [0.2, 0.25) is 0 Å². The molecule has 126 valence electrons. The zero-order valence-electron chi connectivity index (χ0n) is 14.6. The summed E-state index contributed by atoms with van der Waals surface area (Å²) in [6.07, 6.45) is 0.684. The minimum Gasteiger partial charge on any atom is -0.213 e. The monoisotopic (exact) mass is 337 g/mol. The molecule has 3 aromatic carbocycles. The summed E-state index contributed by atoms with van der Waals surface area (Å²) in [5, 5.41) is 0. The van der Waals surface area contributed by atoms with Gasteiger partial charge < -0.3 is 0 Å². The maximum atomic E-state index is 4.73. The lowest BCUT2D eigenvalue weighted by molar-refractivity contribution is 0.932. The van der Waals surface area contributed by atoms with Gasteiger partial charge in [-0.2, -0.15) is 0 Å². The summed E-state index contributed by atoms with van der Waals surface area (Å²) in [6, 6.07) is 28.6. The fraction of sp³-hybridized carbons (Fsp3) is 0.0870. The Hall–Kier alpha value is -3.33. The number of aryl methyl sites for hydroxylation is 1. The molecule has 0 unspecified atom stereocenters. The minimum absolute atomic E-state index is 0.684. The Labute approximate surface area is 153 Å². The van der Waals surface area contributed by atoms with Gasteiger partial charge in [0, 0.05) is 17.5 Å². The van der Waals surface area contributed by atoms with Gasteiger partial charge in [0.1, 0.15) is 5.82 Å². The Bertz CT molecular complexity index is 954.